The van der Waals surface area contributed by atoms with Gasteiger partial charge in [-0.2, -0.15) is 0 Å². The summed E-state index contributed by atoms with van der Waals surface area (Å²) < 4.78 is 13.4. The molecule has 4 N–H and O–H groups in total. The van der Waals surface area contributed by atoms with Crippen molar-refractivity contribution in [1.82, 2.24) is 4.98 Å². The van der Waals surface area contributed by atoms with E-state index in [-0.39, 0.29) is 11.2 Å². The van der Waals surface area contributed by atoms with Gasteiger partial charge in [-0.15, -0.1) is 0 Å². The Balaban J connectivity index is 2.75. The normalized spacial score (nSPS) is 10.9. The first-order valence-corrected chi connectivity index (χ1v) is 4.87. The van der Waals surface area contributed by atoms with Crippen molar-refractivity contribution in [3.05, 3.63) is 35.3 Å². The third-order valence-electron chi connectivity index (χ3n) is 2.50. The fourth-order valence-electron chi connectivity index (χ4n) is 1.82. The number of hydrogen-bond donors (Lipinski definition) is 3. The minimum Gasteiger partial charge on any atom is -0.477 e. The van der Waals surface area contributed by atoms with Crippen molar-refractivity contribution in [3.8, 4) is 0 Å². The van der Waals surface area contributed by atoms with E-state index in [1.54, 1.807) is 12.1 Å². The number of aromatic amines is 1. The summed E-state index contributed by atoms with van der Waals surface area (Å²) >= 11 is 0. The minimum atomic E-state index is -1.10. The van der Waals surface area contributed by atoms with E-state index in [0.29, 0.717) is 23.9 Å². The minimum absolute atomic E-state index is 0.0190. The maximum atomic E-state index is 13.4. The van der Waals surface area contributed by atoms with E-state index in [9.17, 15) is 9.18 Å². The van der Waals surface area contributed by atoms with Crippen LogP contribution in [0.5, 0.6) is 0 Å². The van der Waals surface area contributed by atoms with Crippen molar-refractivity contribution in [3.63, 3.8) is 0 Å². The molecule has 0 fully saturated rings. The number of nitrogens with one attached hydrogen (secondary N) is 1. The number of halogens is 1. The van der Waals surface area contributed by atoms with E-state index >= 15 is 0 Å². The van der Waals surface area contributed by atoms with E-state index in [0.717, 1.165) is 0 Å². The summed E-state index contributed by atoms with van der Waals surface area (Å²) in [6.45, 7) is 0.323. The molecular weight excluding hydrogens is 211 g/mol. The van der Waals surface area contributed by atoms with Gasteiger partial charge < -0.3 is 15.8 Å². The predicted octanol–water partition coefficient (Wildman–Crippen LogP) is 1.51. The Bertz CT molecular complexity index is 548. The highest BCUT2D eigenvalue weighted by molar-refractivity contribution is 5.97. The van der Waals surface area contributed by atoms with Crippen LogP contribution in [0.25, 0.3) is 10.9 Å². The highest BCUT2D eigenvalue weighted by Gasteiger charge is 2.17. The number of carbonyl (C=O) groups is 1. The molecule has 1 heterocycles. The quantitative estimate of drug-likeness (QED) is 0.736. The largest absolute Gasteiger partial charge is 0.477 e. The lowest BCUT2D eigenvalue weighted by molar-refractivity contribution is 0.0690. The molecule has 0 spiro atoms. The molecule has 16 heavy (non-hydrogen) atoms. The Kier molecular flexibility index (Phi) is 2.62. The average molecular weight is 222 g/mol. The van der Waals surface area contributed by atoms with Crippen LogP contribution in [0.1, 0.15) is 16.1 Å². The van der Waals surface area contributed by atoms with E-state index in [4.69, 9.17) is 10.8 Å². The lowest BCUT2D eigenvalue weighted by Gasteiger charge is -1.98. The van der Waals surface area contributed by atoms with Crippen molar-refractivity contribution < 1.29 is 14.3 Å². The molecular formula is C11H11FN2O2. The van der Waals surface area contributed by atoms with Gasteiger partial charge in [0, 0.05) is 5.39 Å². The second-order valence-electron chi connectivity index (χ2n) is 3.48. The van der Waals surface area contributed by atoms with Crippen LogP contribution in [0.4, 0.5) is 4.39 Å². The van der Waals surface area contributed by atoms with Gasteiger partial charge in [0.15, 0.2) is 0 Å². The Morgan fingerprint density at radius 3 is 2.88 bits per heavy atom. The van der Waals surface area contributed by atoms with Crippen LogP contribution in [0.3, 0.4) is 0 Å². The molecule has 1 aromatic heterocycles. The topological polar surface area (TPSA) is 79.1 Å². The van der Waals surface area contributed by atoms with Crippen LogP contribution in [-0.2, 0) is 6.42 Å². The number of aromatic nitrogens is 1. The van der Waals surface area contributed by atoms with Crippen LogP contribution in [0.2, 0.25) is 0 Å². The number of hydrogen-bond acceptors (Lipinski definition) is 2. The van der Waals surface area contributed by atoms with Crippen LogP contribution < -0.4 is 5.73 Å². The van der Waals surface area contributed by atoms with Gasteiger partial charge in [0.25, 0.3) is 0 Å². The average Bonchev–Trinajstić information content (AvgIpc) is 2.60. The molecule has 2 rings (SSSR count). The molecule has 84 valence electrons. The summed E-state index contributed by atoms with van der Waals surface area (Å²) in [6, 6.07) is 4.53. The Labute approximate surface area is 90.9 Å². The van der Waals surface area contributed by atoms with Gasteiger partial charge in [0.1, 0.15) is 11.5 Å². The van der Waals surface area contributed by atoms with Gasteiger partial charge in [0.05, 0.1) is 5.52 Å². The number of rotatable bonds is 3. The molecule has 0 aliphatic rings. The Morgan fingerprint density at radius 2 is 2.25 bits per heavy atom. The monoisotopic (exact) mass is 222 g/mol. The molecule has 0 atom stereocenters. The van der Waals surface area contributed by atoms with Gasteiger partial charge >= 0.3 is 5.97 Å². The third kappa shape index (κ3) is 1.55. The highest BCUT2D eigenvalue weighted by Crippen LogP contribution is 2.24. The summed E-state index contributed by atoms with van der Waals surface area (Å²) in [4.78, 5) is 13.6. The maximum Gasteiger partial charge on any atom is 0.352 e. The van der Waals surface area contributed by atoms with E-state index in [1.807, 2.05) is 0 Å². The molecule has 0 saturated carbocycles. The maximum absolute atomic E-state index is 13.4. The number of benzene rings is 1. The van der Waals surface area contributed by atoms with Crippen molar-refractivity contribution >= 4 is 16.9 Å². The number of para-hydroxylation sites is 1. The standard InChI is InChI=1S/C11H11FN2O2/c12-8-3-1-2-6-7(4-5-13)10(11(15)16)14-9(6)8/h1-3,14H,4-5,13H2,(H,15,16). The van der Waals surface area contributed by atoms with Crippen molar-refractivity contribution in [1.29, 1.82) is 0 Å². The molecule has 5 heteroatoms. The first-order valence-electron chi connectivity index (χ1n) is 4.87. The number of carboxylic acid groups (broad SMARTS) is 1. The van der Waals surface area contributed by atoms with Gasteiger partial charge in [-0.25, -0.2) is 9.18 Å². The predicted molar refractivity (Wildman–Crippen MR) is 58.0 cm³/mol. The molecule has 0 aliphatic heterocycles. The Morgan fingerprint density at radius 1 is 1.50 bits per heavy atom. The zero-order valence-electron chi connectivity index (χ0n) is 8.46. The summed E-state index contributed by atoms with van der Waals surface area (Å²) in [5.41, 5.74) is 6.22. The molecule has 2 aromatic rings. The first-order chi connectivity index (χ1) is 7.65. The van der Waals surface area contributed by atoms with Crippen molar-refractivity contribution in [2.45, 2.75) is 6.42 Å². The molecule has 4 nitrogen and oxygen atoms in total. The van der Waals surface area contributed by atoms with E-state index in [1.165, 1.54) is 6.07 Å². The molecule has 0 amide bonds. The molecule has 1 aromatic carbocycles. The van der Waals surface area contributed by atoms with E-state index < -0.39 is 11.8 Å². The molecule has 0 unspecified atom stereocenters. The lowest BCUT2D eigenvalue weighted by atomic mass is 10.1. The van der Waals surface area contributed by atoms with Gasteiger partial charge in [-0.3, -0.25) is 0 Å². The SMILES string of the molecule is NCCc1c(C(=O)O)[nH]c2c(F)cccc12. The Hall–Kier alpha value is -1.88. The van der Waals surface area contributed by atoms with Crippen LogP contribution in [0, 0.1) is 5.82 Å². The third-order valence-corrected chi connectivity index (χ3v) is 2.50. The highest BCUT2D eigenvalue weighted by atomic mass is 19.1. The summed E-state index contributed by atoms with van der Waals surface area (Å²) in [5, 5.41) is 9.58. The van der Waals surface area contributed by atoms with Crippen molar-refractivity contribution in [2.75, 3.05) is 6.54 Å². The number of fused-ring (bicyclic) bond motifs is 1. The number of aromatic carboxylic acids is 1. The van der Waals surface area contributed by atoms with Gasteiger partial charge in [-0.05, 0) is 24.6 Å². The van der Waals surface area contributed by atoms with Crippen molar-refractivity contribution in [2.24, 2.45) is 5.73 Å². The summed E-state index contributed by atoms with van der Waals surface area (Å²) in [7, 11) is 0. The van der Waals surface area contributed by atoms with Gasteiger partial charge in [0.2, 0.25) is 0 Å². The molecule has 0 aliphatic carbocycles. The smallest absolute Gasteiger partial charge is 0.352 e. The van der Waals surface area contributed by atoms with Gasteiger partial charge in [-0.1, -0.05) is 12.1 Å². The second-order valence-corrected chi connectivity index (χ2v) is 3.48. The summed E-state index contributed by atoms with van der Waals surface area (Å²) in [6.07, 6.45) is 0.408. The fourth-order valence-corrected chi connectivity index (χ4v) is 1.82. The molecule has 0 radical (unpaired) electrons. The first kappa shape index (κ1) is 10.6. The second kappa shape index (κ2) is 3.94. The summed E-state index contributed by atoms with van der Waals surface area (Å²) in [5.74, 6) is -1.55. The van der Waals surface area contributed by atoms with Crippen LogP contribution in [0.15, 0.2) is 18.2 Å². The number of H-pyrrole nitrogens is 1. The lowest BCUT2D eigenvalue weighted by Crippen LogP contribution is -2.07. The molecule has 0 saturated heterocycles. The van der Waals surface area contributed by atoms with Crippen LogP contribution >= 0.6 is 0 Å². The van der Waals surface area contributed by atoms with Crippen LogP contribution in [-0.4, -0.2) is 22.6 Å². The molecule has 0 bridgehead atoms. The van der Waals surface area contributed by atoms with E-state index in [2.05, 4.69) is 4.98 Å². The number of nitrogens with two attached hydrogens (primary N) is 1. The zero-order valence-corrected chi connectivity index (χ0v) is 8.46. The zero-order chi connectivity index (χ0) is 11.7. The number of carboxylic acids is 1. The fraction of sp³-hybridized carbons (Fsp3) is 0.182.